The van der Waals surface area contributed by atoms with Crippen LogP contribution in [0.1, 0.15) is 22.3 Å². The van der Waals surface area contributed by atoms with Crippen LogP contribution in [0.15, 0.2) is 158 Å². The highest BCUT2D eigenvalue weighted by molar-refractivity contribution is 6.47. The zero-order valence-electron chi connectivity index (χ0n) is 36.6. The van der Waals surface area contributed by atoms with Gasteiger partial charge < -0.3 is 9.80 Å². The quantitative estimate of drug-likeness (QED) is 0.128. The Morgan fingerprint density at radius 3 is 0.779 bits per heavy atom. The van der Waals surface area contributed by atoms with E-state index in [-0.39, 0.29) is 0 Å². The molecule has 19 rings (SSSR count). The van der Waals surface area contributed by atoms with E-state index >= 15 is 0 Å². The fourth-order valence-corrected chi connectivity index (χ4v) is 14.7. The van der Waals surface area contributed by atoms with Crippen molar-refractivity contribution in [1.82, 2.24) is 9.97 Å². The molecule has 0 N–H and O–H groups in total. The van der Waals surface area contributed by atoms with E-state index in [0.29, 0.717) is 0 Å². The molecule has 0 spiro atoms. The molecule has 0 radical (unpaired) electrons. The summed E-state index contributed by atoms with van der Waals surface area (Å²) in [6.07, 6.45) is 4.01. The molecule has 0 atom stereocenters. The highest BCUT2D eigenvalue weighted by atomic mass is 15.1. The first-order chi connectivity index (χ1) is 33.7. The normalized spacial score (nSPS) is 14.8. The van der Waals surface area contributed by atoms with E-state index < -0.39 is 0 Å². The molecule has 0 amide bonds. The maximum absolute atomic E-state index is 5.14. The summed E-state index contributed by atoms with van der Waals surface area (Å²) in [5.41, 5.74) is 9.90. The van der Waals surface area contributed by atoms with Gasteiger partial charge in [-0.3, -0.25) is 9.97 Å². The standard InChI is InChI=1S/C64H34N4/c1-5-33-9-13-37-23-41-27-67(28-42-24-38-14-10-34-6-2-31(1)51-53(33)57(37)61(49(41)42)58(38)54(34)51)47-19-21-65-63-45(47)17-18-46-48(20-22-66-64(46)63)68-29-43-25-39-15-11-35-7-3-32-4-8-36-12-16-40-26-44(30-68)50(43)62-59(39)55(35)52(32)56(36)60(40)62/h1-26H,27-30H2. The second-order valence-electron chi connectivity index (χ2n) is 20.4. The van der Waals surface area contributed by atoms with Crippen molar-refractivity contribution in [3.63, 3.8) is 0 Å². The summed E-state index contributed by atoms with van der Waals surface area (Å²) in [6.45, 7) is 3.31. The smallest absolute Gasteiger partial charge is 0.0986 e. The lowest BCUT2D eigenvalue weighted by Gasteiger charge is -2.34. The van der Waals surface area contributed by atoms with Gasteiger partial charge in [-0.05, 0) is 200 Å². The van der Waals surface area contributed by atoms with Crippen molar-refractivity contribution in [3.8, 4) is 0 Å². The number of anilines is 2. The summed E-state index contributed by atoms with van der Waals surface area (Å²) in [6, 6.07) is 56.4. The Morgan fingerprint density at radius 2 is 0.500 bits per heavy atom. The molecule has 0 saturated heterocycles. The Kier molecular flexibility index (Phi) is 5.54. The topological polar surface area (TPSA) is 32.3 Å². The van der Waals surface area contributed by atoms with Gasteiger partial charge in [0.1, 0.15) is 0 Å². The number of pyridine rings is 2. The Hall–Kier alpha value is -8.60. The lowest BCUT2D eigenvalue weighted by molar-refractivity contribution is 0.792. The molecule has 310 valence electrons. The van der Waals surface area contributed by atoms with Crippen molar-refractivity contribution in [2.24, 2.45) is 0 Å². The minimum Gasteiger partial charge on any atom is -0.362 e. The molecule has 0 aliphatic carbocycles. The lowest BCUT2D eigenvalue weighted by atomic mass is 9.79. The van der Waals surface area contributed by atoms with Gasteiger partial charge in [0.05, 0.1) is 11.0 Å². The molecular formula is C64H34N4. The van der Waals surface area contributed by atoms with E-state index in [2.05, 4.69) is 155 Å². The molecule has 2 aliphatic heterocycles. The largest absolute Gasteiger partial charge is 0.362 e. The Morgan fingerprint density at radius 1 is 0.250 bits per heavy atom. The number of rotatable bonds is 2. The molecule has 2 aromatic heterocycles. The maximum Gasteiger partial charge on any atom is 0.0986 e. The fourth-order valence-electron chi connectivity index (χ4n) is 14.7. The number of hydrogen-bond donors (Lipinski definition) is 0. The molecule has 4 heterocycles. The summed E-state index contributed by atoms with van der Waals surface area (Å²) < 4.78 is 0. The molecule has 0 saturated carbocycles. The molecule has 17 aromatic rings. The SMILES string of the molecule is c1cc(N2Cc3cc4ccc5ccc6ccc7ccc8cc(c3c3c4c5c6c7c83)C2)c2ccc3c(N4Cc5cc6ccc7ccc8ccc9ccc%10cc(c5c5c6c7c8c9c%105)C4)ccnc3c2n1. The molecular weight excluding hydrogens is 825 g/mol. The van der Waals surface area contributed by atoms with Crippen molar-refractivity contribution in [2.75, 3.05) is 9.80 Å². The van der Waals surface area contributed by atoms with Crippen LogP contribution in [0.2, 0.25) is 0 Å². The minimum atomic E-state index is 0.829. The highest BCUT2D eigenvalue weighted by Gasteiger charge is 2.30. The molecule has 4 heteroatoms. The number of nitrogens with zero attached hydrogens (tertiary/aromatic N) is 4. The predicted octanol–water partition coefficient (Wildman–Crippen LogP) is 16.3. The first kappa shape index (κ1) is 33.8. The molecule has 0 fully saturated rings. The van der Waals surface area contributed by atoms with Gasteiger partial charge in [-0.1, -0.05) is 97.1 Å². The van der Waals surface area contributed by atoms with Gasteiger partial charge in [0, 0.05) is 60.7 Å². The average molecular weight is 859 g/mol. The second kappa shape index (κ2) is 11.1. The van der Waals surface area contributed by atoms with Crippen molar-refractivity contribution < 1.29 is 0 Å². The number of hydrogen-bond acceptors (Lipinski definition) is 4. The van der Waals surface area contributed by atoms with Crippen LogP contribution in [-0.4, -0.2) is 9.97 Å². The van der Waals surface area contributed by atoms with Crippen LogP contribution in [0.4, 0.5) is 11.4 Å². The van der Waals surface area contributed by atoms with Gasteiger partial charge in [-0.15, -0.1) is 0 Å². The minimum absolute atomic E-state index is 0.829. The van der Waals surface area contributed by atoms with Crippen LogP contribution in [0, 0.1) is 0 Å². The molecule has 0 bridgehead atoms. The van der Waals surface area contributed by atoms with E-state index in [4.69, 9.17) is 9.97 Å². The number of benzene rings is 15. The third-order valence-electron chi connectivity index (χ3n) is 17.2. The molecule has 15 aromatic carbocycles. The summed E-state index contributed by atoms with van der Waals surface area (Å²) in [4.78, 5) is 15.4. The zero-order chi connectivity index (χ0) is 43.4. The van der Waals surface area contributed by atoms with E-state index in [9.17, 15) is 0 Å². The second-order valence-corrected chi connectivity index (χ2v) is 20.4. The Labute approximate surface area is 386 Å². The maximum atomic E-state index is 5.14. The first-order valence-electron chi connectivity index (χ1n) is 24.1. The molecule has 68 heavy (non-hydrogen) atoms. The van der Waals surface area contributed by atoms with Crippen LogP contribution < -0.4 is 9.80 Å². The van der Waals surface area contributed by atoms with Gasteiger partial charge in [0.25, 0.3) is 0 Å². The van der Waals surface area contributed by atoms with Crippen LogP contribution in [0.5, 0.6) is 0 Å². The summed E-state index contributed by atoms with van der Waals surface area (Å²) in [7, 11) is 0. The highest BCUT2D eigenvalue weighted by Crippen LogP contribution is 2.54. The third kappa shape index (κ3) is 3.76. The summed E-state index contributed by atoms with van der Waals surface area (Å²) in [5, 5.41) is 35.6. The van der Waals surface area contributed by atoms with Crippen LogP contribution in [-0.2, 0) is 26.2 Å². The van der Waals surface area contributed by atoms with E-state index in [1.165, 1.54) is 163 Å². The van der Waals surface area contributed by atoms with Gasteiger partial charge >= 0.3 is 0 Å². The summed E-state index contributed by atoms with van der Waals surface area (Å²) in [5.74, 6) is 0. The van der Waals surface area contributed by atoms with E-state index in [0.717, 1.165) is 48.0 Å². The van der Waals surface area contributed by atoms with Crippen molar-refractivity contribution in [2.45, 2.75) is 26.2 Å². The van der Waals surface area contributed by atoms with Gasteiger partial charge in [-0.25, -0.2) is 0 Å². The number of aromatic nitrogens is 2. The van der Waals surface area contributed by atoms with E-state index in [1.54, 1.807) is 0 Å². The number of fused-ring (bicyclic) bond motifs is 3. The first-order valence-corrected chi connectivity index (χ1v) is 24.1. The monoisotopic (exact) mass is 858 g/mol. The van der Waals surface area contributed by atoms with Crippen LogP contribution >= 0.6 is 0 Å². The molecule has 2 aliphatic rings. The Balaban J connectivity index is 0.767. The van der Waals surface area contributed by atoms with E-state index in [1.807, 2.05) is 12.4 Å². The lowest BCUT2D eigenvalue weighted by Crippen LogP contribution is -2.27. The zero-order valence-corrected chi connectivity index (χ0v) is 36.6. The Bertz CT molecular complexity index is 4550. The third-order valence-corrected chi connectivity index (χ3v) is 17.2. The molecule has 0 unspecified atom stereocenters. The van der Waals surface area contributed by atoms with Gasteiger partial charge in [-0.2, -0.15) is 0 Å². The summed E-state index contributed by atoms with van der Waals surface area (Å²) >= 11 is 0. The predicted molar refractivity (Wildman–Crippen MR) is 287 cm³/mol. The van der Waals surface area contributed by atoms with Crippen molar-refractivity contribution in [3.05, 3.63) is 180 Å². The van der Waals surface area contributed by atoms with Crippen LogP contribution in [0.25, 0.3) is 151 Å². The fraction of sp³-hybridized carbons (Fsp3) is 0.0625. The van der Waals surface area contributed by atoms with Crippen LogP contribution in [0.3, 0.4) is 0 Å². The van der Waals surface area contributed by atoms with Crippen molar-refractivity contribution in [1.29, 1.82) is 0 Å². The average Bonchev–Trinajstić information content (AvgIpc) is 3.39. The molecule has 4 nitrogen and oxygen atoms in total. The van der Waals surface area contributed by atoms with Crippen molar-refractivity contribution >= 4 is 162 Å². The van der Waals surface area contributed by atoms with Gasteiger partial charge in [0.15, 0.2) is 0 Å². The van der Waals surface area contributed by atoms with Gasteiger partial charge in [0.2, 0.25) is 0 Å².